The molecule has 0 saturated heterocycles. The number of nitrogens with zero attached hydrogens (tertiary/aromatic N) is 3. The Bertz CT molecular complexity index is 512. The summed E-state index contributed by atoms with van der Waals surface area (Å²) in [5.41, 5.74) is 0. The van der Waals surface area contributed by atoms with Gasteiger partial charge in [0.1, 0.15) is 0 Å². The van der Waals surface area contributed by atoms with E-state index in [0.717, 1.165) is 0 Å². The van der Waals surface area contributed by atoms with Gasteiger partial charge in [-0.3, -0.25) is 14.4 Å². The molecule has 0 rings (SSSR count). The molecule has 0 unspecified atom stereocenters. The maximum atomic E-state index is 10.0. The van der Waals surface area contributed by atoms with E-state index < -0.39 is 25.7 Å². The molecule has 0 aromatic heterocycles. The minimum absolute atomic E-state index is 0.253. The Labute approximate surface area is 191 Å². The molecule has 3 N–H and O–H groups in total. The van der Waals surface area contributed by atoms with Gasteiger partial charge < -0.3 is 48.0 Å². The molecule has 194 valence electrons. The van der Waals surface area contributed by atoms with Gasteiger partial charge >= 0.3 is 17.9 Å². The summed E-state index contributed by atoms with van der Waals surface area (Å²) in [7, 11) is 12.4. The number of rotatable bonds is 9. The first-order valence-electron chi connectivity index (χ1n) is 9.55. The lowest BCUT2D eigenvalue weighted by atomic mass is 10.4. The van der Waals surface area contributed by atoms with Crippen molar-refractivity contribution >= 4 is 25.7 Å². The molecule has 0 bridgehead atoms. The van der Waals surface area contributed by atoms with Crippen LogP contribution < -0.4 is 14.7 Å². The van der Waals surface area contributed by atoms with Gasteiger partial charge in [0.15, 0.2) is 0 Å². The predicted molar refractivity (Wildman–Crippen MR) is 113 cm³/mol. The molecule has 0 radical (unpaired) electrons. The number of hydrogen-bond acceptors (Lipinski definition) is 7. The van der Waals surface area contributed by atoms with Crippen LogP contribution in [0.1, 0.15) is 19.3 Å². The second-order valence-electron chi connectivity index (χ2n) is 9.92. The van der Waals surface area contributed by atoms with Gasteiger partial charge in [-0.25, -0.2) is 0 Å². The Morgan fingerprint density at radius 1 is 0.562 bits per heavy atom. The minimum atomic E-state index is -5.39. The molecule has 0 atom stereocenters. The van der Waals surface area contributed by atoms with E-state index in [1.54, 1.807) is 0 Å². The van der Waals surface area contributed by atoms with E-state index in [1.807, 2.05) is 63.4 Å². The van der Waals surface area contributed by atoms with E-state index in [4.69, 9.17) is 34.6 Å². The third kappa shape index (κ3) is 79.3. The van der Waals surface area contributed by atoms with E-state index in [1.165, 1.54) is 0 Å². The summed E-state index contributed by atoms with van der Waals surface area (Å²) in [6.07, 6.45) is 0.760. The summed E-state index contributed by atoms with van der Waals surface area (Å²) >= 11 is 0. The smallest absolute Gasteiger partial charge is 0.309 e. The molecule has 0 aliphatic rings. The minimum Gasteiger partial charge on any atom is -0.822 e. The van der Waals surface area contributed by atoms with Crippen molar-refractivity contribution in [3.05, 3.63) is 0 Å². The summed E-state index contributed by atoms with van der Waals surface area (Å²) in [5.74, 6) is -2.16. The summed E-state index contributed by atoms with van der Waals surface area (Å²) in [4.78, 5) is 55.8. The van der Waals surface area contributed by atoms with Crippen molar-refractivity contribution in [3.8, 4) is 0 Å². The van der Waals surface area contributed by atoms with Crippen molar-refractivity contribution in [3.63, 3.8) is 0 Å². The van der Waals surface area contributed by atoms with Gasteiger partial charge in [0.25, 0.3) is 0 Å². The lowest BCUT2D eigenvalue weighted by Crippen LogP contribution is -2.36. The average Bonchev–Trinajstić information content (AvgIpc) is 2.47. The molecule has 0 aliphatic heterocycles. The molecule has 0 saturated carbocycles. The van der Waals surface area contributed by atoms with Gasteiger partial charge in [-0.15, -0.1) is 0 Å². The van der Waals surface area contributed by atoms with Gasteiger partial charge in [-0.05, 0) is 0 Å². The Kier molecular flexibility index (Phi) is 20.0. The fourth-order valence-corrected chi connectivity index (χ4v) is 1.29. The van der Waals surface area contributed by atoms with E-state index >= 15 is 0 Å². The number of carboxylic acids is 3. The van der Waals surface area contributed by atoms with Crippen LogP contribution in [-0.4, -0.2) is 130 Å². The first-order chi connectivity index (χ1) is 13.7. The Morgan fingerprint density at radius 2 is 0.688 bits per heavy atom. The topological polar surface area (TPSA) is 198 Å². The largest absolute Gasteiger partial charge is 0.822 e. The molecule has 0 heterocycles. The molecule has 0 fully saturated rings. The van der Waals surface area contributed by atoms with Crippen LogP contribution >= 0.6 is 7.82 Å². The average molecular weight is 492 g/mol. The van der Waals surface area contributed by atoms with Gasteiger partial charge in [0.05, 0.1) is 102 Å². The summed E-state index contributed by atoms with van der Waals surface area (Å²) in [5, 5.41) is 24.8. The second kappa shape index (κ2) is 17.0. The zero-order valence-corrected chi connectivity index (χ0v) is 21.6. The van der Waals surface area contributed by atoms with Crippen LogP contribution in [0.25, 0.3) is 0 Å². The second-order valence-corrected chi connectivity index (χ2v) is 10.8. The molecule has 0 aromatic carbocycles. The Morgan fingerprint density at radius 3 is 0.719 bits per heavy atom. The fraction of sp³-hybridized carbons (Fsp3) is 0.833. The van der Waals surface area contributed by atoms with Crippen LogP contribution in [0.2, 0.25) is 0 Å². The molecule has 0 aromatic rings. The van der Waals surface area contributed by atoms with Gasteiger partial charge in [-0.2, -0.15) is 7.82 Å². The molecule has 13 nitrogen and oxygen atoms in total. The van der Waals surface area contributed by atoms with Crippen LogP contribution in [-0.2, 0) is 18.9 Å². The number of carboxylic acid groups (broad SMARTS) is 3. The van der Waals surface area contributed by atoms with Crippen molar-refractivity contribution in [2.24, 2.45) is 0 Å². The number of phosphoric acid groups is 1. The predicted octanol–water partition coefficient (Wildman–Crippen LogP) is -2.32. The molecule has 0 spiro atoms. The number of aliphatic carboxylic acids is 3. The lowest BCUT2D eigenvalue weighted by Gasteiger charge is -2.36. The highest BCUT2D eigenvalue weighted by molar-refractivity contribution is 7.40. The van der Waals surface area contributed by atoms with Crippen LogP contribution in [0.3, 0.4) is 0 Å². The normalized spacial score (nSPS) is 11.5. The first-order valence-corrected chi connectivity index (χ1v) is 11.0. The monoisotopic (exact) mass is 491 g/mol. The Balaban J connectivity index is -0.000000167. The van der Waals surface area contributed by atoms with E-state index in [2.05, 4.69) is 0 Å². The quantitative estimate of drug-likeness (QED) is 0.232. The van der Waals surface area contributed by atoms with Crippen molar-refractivity contribution in [2.45, 2.75) is 19.3 Å². The standard InChI is InChI=1S/3C6H13NO2.H3O4P/c3*1-7(2,3)5-4-6(8)9;1-5(2,3)4/h3*4-5H2,1-3H3;(H3,1,2,3,4). The highest BCUT2D eigenvalue weighted by Crippen LogP contribution is 2.03. The molecule has 32 heavy (non-hydrogen) atoms. The highest BCUT2D eigenvalue weighted by atomic mass is 31.2. The van der Waals surface area contributed by atoms with Crippen molar-refractivity contribution in [2.75, 3.05) is 83.1 Å². The maximum absolute atomic E-state index is 10.0. The van der Waals surface area contributed by atoms with E-state index in [0.29, 0.717) is 33.1 Å². The molecule has 0 aliphatic carbocycles. The number of carbonyl (C=O) groups is 3. The lowest BCUT2D eigenvalue weighted by molar-refractivity contribution is -0.869. The SMILES string of the molecule is C[N+](C)(C)CCC(=O)O.C[N+](C)(C)CCC(=O)O.C[N+](C)(C)CCC(=O)O.O=P([O-])([O-])[O-]. The number of quaternary nitrogens is 3. The molecular weight excluding hydrogens is 449 g/mol. The molecule has 0 amide bonds. The van der Waals surface area contributed by atoms with Crippen LogP contribution in [0, 0.1) is 0 Å². The summed E-state index contributed by atoms with van der Waals surface area (Å²) in [6.45, 7) is 2.07. The van der Waals surface area contributed by atoms with Gasteiger partial charge in [0.2, 0.25) is 0 Å². The van der Waals surface area contributed by atoms with E-state index in [-0.39, 0.29) is 19.3 Å². The zero-order valence-electron chi connectivity index (χ0n) is 20.7. The zero-order chi connectivity index (χ0) is 27.0. The van der Waals surface area contributed by atoms with Crippen LogP contribution in [0.4, 0.5) is 0 Å². The van der Waals surface area contributed by atoms with Crippen molar-refractivity contribution < 1.29 is 62.4 Å². The van der Waals surface area contributed by atoms with Crippen molar-refractivity contribution in [1.29, 1.82) is 0 Å². The fourth-order valence-electron chi connectivity index (χ4n) is 1.29. The molecule has 14 heteroatoms. The molecular formula is C18H42N3O10P. The third-order valence-corrected chi connectivity index (χ3v) is 2.99. The third-order valence-electron chi connectivity index (χ3n) is 2.99. The maximum Gasteiger partial charge on any atom is 0.309 e. The summed E-state index contributed by atoms with van der Waals surface area (Å²) < 4.78 is 10.7. The van der Waals surface area contributed by atoms with Gasteiger partial charge in [0, 0.05) is 0 Å². The number of hydrogen-bond donors (Lipinski definition) is 3. The van der Waals surface area contributed by atoms with E-state index in [9.17, 15) is 14.4 Å². The Hall–Kier alpha value is -1.60. The van der Waals surface area contributed by atoms with Crippen LogP contribution in [0.15, 0.2) is 0 Å². The van der Waals surface area contributed by atoms with Crippen LogP contribution in [0.5, 0.6) is 0 Å². The van der Waals surface area contributed by atoms with Crippen molar-refractivity contribution in [1.82, 2.24) is 0 Å². The first kappa shape index (κ1) is 37.7. The summed E-state index contributed by atoms with van der Waals surface area (Å²) in [6, 6.07) is 0. The highest BCUT2D eigenvalue weighted by Gasteiger charge is 2.10. The van der Waals surface area contributed by atoms with Gasteiger partial charge in [-0.1, -0.05) is 0 Å².